The van der Waals surface area contributed by atoms with Crippen molar-refractivity contribution < 1.29 is 31.5 Å². The molecule has 1 aliphatic rings. The molecule has 13 heteroatoms. The number of aromatic nitrogens is 4. The van der Waals surface area contributed by atoms with Crippen molar-refractivity contribution in [2.75, 3.05) is 6.61 Å². The molecule has 0 spiro atoms. The maximum atomic E-state index is 14.1. The van der Waals surface area contributed by atoms with Crippen molar-refractivity contribution in [1.82, 2.24) is 23.9 Å². The molecule has 0 radical (unpaired) electrons. The molecule has 1 amide bonds. The van der Waals surface area contributed by atoms with Crippen LogP contribution in [0.25, 0.3) is 0 Å². The average molecular weight is 483 g/mol. The fourth-order valence-corrected chi connectivity index (χ4v) is 5.09. The Morgan fingerprint density at radius 3 is 2.55 bits per heavy atom. The first-order valence-electron chi connectivity index (χ1n) is 9.91. The number of nitrogens with zero attached hydrogens (tertiary/aromatic N) is 5. The fraction of sp³-hybridized carbons (Fsp3) is 0.350. The van der Waals surface area contributed by atoms with Crippen LogP contribution in [-0.2, 0) is 34.5 Å². The molecule has 3 heterocycles. The molecule has 0 aliphatic carbocycles. The molecule has 0 fully saturated rings. The Labute approximate surface area is 187 Å². The van der Waals surface area contributed by atoms with Gasteiger partial charge in [0.2, 0.25) is 10.9 Å². The zero-order valence-electron chi connectivity index (χ0n) is 17.4. The number of amides is 1. The van der Waals surface area contributed by atoms with E-state index in [1.165, 1.54) is 42.4 Å². The Balaban J connectivity index is 1.54. The Bertz CT molecular complexity index is 1280. The topological polar surface area (TPSA) is 110 Å². The van der Waals surface area contributed by atoms with Crippen LogP contribution in [0.1, 0.15) is 28.3 Å². The van der Waals surface area contributed by atoms with Gasteiger partial charge in [0.15, 0.2) is 0 Å². The standard InChI is InChI=1S/C20H20F3N5O4S/c1-12-6-27(10-18(22)23)25-19(12)33(31,32)28-8-13-7-26(9-17(13)24-28)20(30)15(11-29)14-4-2-3-5-16(14)21/h2-6,8,15,18,29H,7,9-11H2,1H3/t15-/m1/s1. The second-order valence-electron chi connectivity index (χ2n) is 7.66. The largest absolute Gasteiger partial charge is 0.395 e. The molecule has 176 valence electrons. The first-order valence-corrected chi connectivity index (χ1v) is 11.3. The zero-order valence-corrected chi connectivity index (χ0v) is 18.2. The first-order chi connectivity index (χ1) is 15.6. The normalized spacial score (nSPS) is 14.7. The van der Waals surface area contributed by atoms with Gasteiger partial charge in [-0.2, -0.15) is 22.7 Å². The minimum absolute atomic E-state index is 0.0213. The van der Waals surface area contributed by atoms with Crippen molar-refractivity contribution in [3.63, 3.8) is 0 Å². The van der Waals surface area contributed by atoms with Crippen molar-refractivity contribution in [2.24, 2.45) is 0 Å². The van der Waals surface area contributed by atoms with Crippen LogP contribution in [0.5, 0.6) is 0 Å². The van der Waals surface area contributed by atoms with Gasteiger partial charge in [-0.1, -0.05) is 18.2 Å². The number of fused-ring (bicyclic) bond motifs is 1. The van der Waals surface area contributed by atoms with E-state index in [9.17, 15) is 31.5 Å². The highest BCUT2D eigenvalue weighted by atomic mass is 32.2. The summed E-state index contributed by atoms with van der Waals surface area (Å²) in [7, 11) is -4.23. The number of aliphatic hydroxyl groups is 1. The van der Waals surface area contributed by atoms with Crippen LogP contribution >= 0.6 is 0 Å². The summed E-state index contributed by atoms with van der Waals surface area (Å²) in [4.78, 5) is 14.3. The number of aliphatic hydroxyl groups excluding tert-OH is 1. The monoisotopic (exact) mass is 483 g/mol. The predicted octanol–water partition coefficient (Wildman–Crippen LogP) is 1.65. The van der Waals surface area contributed by atoms with Gasteiger partial charge in [-0.15, -0.1) is 0 Å². The molecular formula is C20H20F3N5O4S. The van der Waals surface area contributed by atoms with Gasteiger partial charge >= 0.3 is 10.0 Å². The average Bonchev–Trinajstić information content (AvgIpc) is 3.42. The molecule has 1 N–H and O–H groups in total. The van der Waals surface area contributed by atoms with E-state index < -0.39 is 52.3 Å². The van der Waals surface area contributed by atoms with Crippen molar-refractivity contribution in [2.45, 2.75) is 43.9 Å². The van der Waals surface area contributed by atoms with E-state index >= 15 is 0 Å². The van der Waals surface area contributed by atoms with Crippen LogP contribution in [0.4, 0.5) is 13.2 Å². The molecule has 33 heavy (non-hydrogen) atoms. The van der Waals surface area contributed by atoms with Crippen molar-refractivity contribution in [3.8, 4) is 0 Å². The number of alkyl halides is 2. The van der Waals surface area contributed by atoms with Gasteiger partial charge in [0.05, 0.1) is 24.8 Å². The smallest absolute Gasteiger partial charge is 0.302 e. The third-order valence-electron chi connectivity index (χ3n) is 5.35. The second-order valence-corrected chi connectivity index (χ2v) is 9.37. The summed E-state index contributed by atoms with van der Waals surface area (Å²) in [5.74, 6) is -2.23. The summed E-state index contributed by atoms with van der Waals surface area (Å²) < 4.78 is 66.8. The zero-order chi connectivity index (χ0) is 23.9. The van der Waals surface area contributed by atoms with E-state index in [0.29, 0.717) is 15.3 Å². The molecule has 0 saturated heterocycles. The number of aryl methyl sites for hydroxylation is 1. The fourth-order valence-electron chi connectivity index (χ4n) is 3.78. The predicted molar refractivity (Wildman–Crippen MR) is 108 cm³/mol. The third kappa shape index (κ3) is 4.25. The lowest BCUT2D eigenvalue weighted by Crippen LogP contribution is -2.33. The quantitative estimate of drug-likeness (QED) is 0.547. The minimum atomic E-state index is -4.23. The van der Waals surface area contributed by atoms with Crippen LogP contribution < -0.4 is 0 Å². The second kappa shape index (κ2) is 8.63. The molecule has 9 nitrogen and oxygen atoms in total. The Morgan fingerprint density at radius 1 is 1.18 bits per heavy atom. The van der Waals surface area contributed by atoms with E-state index in [1.807, 2.05) is 0 Å². The van der Waals surface area contributed by atoms with E-state index in [2.05, 4.69) is 10.2 Å². The maximum Gasteiger partial charge on any atom is 0.302 e. The molecule has 0 bridgehead atoms. The van der Waals surface area contributed by atoms with Crippen molar-refractivity contribution in [1.29, 1.82) is 0 Å². The highest BCUT2D eigenvalue weighted by Gasteiger charge is 2.34. The van der Waals surface area contributed by atoms with Gasteiger partial charge in [-0.05, 0) is 13.0 Å². The molecule has 0 saturated carbocycles. The van der Waals surface area contributed by atoms with Crippen molar-refractivity contribution in [3.05, 3.63) is 64.9 Å². The van der Waals surface area contributed by atoms with E-state index in [4.69, 9.17) is 0 Å². The molecule has 1 atom stereocenters. The van der Waals surface area contributed by atoms with Gasteiger partial charge in [-0.3, -0.25) is 9.48 Å². The highest BCUT2D eigenvalue weighted by molar-refractivity contribution is 7.89. The molecule has 2 aromatic heterocycles. The number of carbonyl (C=O) groups excluding carboxylic acids is 1. The molecule has 3 aromatic rings. The summed E-state index contributed by atoms with van der Waals surface area (Å²) in [5, 5.41) is 17.1. The van der Waals surface area contributed by atoms with Crippen LogP contribution in [0.2, 0.25) is 0 Å². The van der Waals surface area contributed by atoms with Gasteiger partial charge in [0, 0.05) is 35.6 Å². The van der Waals surface area contributed by atoms with Crippen LogP contribution in [-0.4, -0.2) is 56.3 Å². The van der Waals surface area contributed by atoms with Crippen LogP contribution in [0.3, 0.4) is 0 Å². The Morgan fingerprint density at radius 2 is 1.91 bits per heavy atom. The van der Waals surface area contributed by atoms with Crippen molar-refractivity contribution >= 4 is 15.9 Å². The number of halogens is 3. The lowest BCUT2D eigenvalue weighted by Gasteiger charge is -2.22. The lowest BCUT2D eigenvalue weighted by molar-refractivity contribution is -0.134. The lowest BCUT2D eigenvalue weighted by atomic mass is 9.98. The van der Waals surface area contributed by atoms with Gasteiger partial charge in [0.1, 0.15) is 12.4 Å². The highest BCUT2D eigenvalue weighted by Crippen LogP contribution is 2.29. The van der Waals surface area contributed by atoms with Crippen LogP contribution in [0.15, 0.2) is 41.7 Å². The SMILES string of the molecule is Cc1cn(CC(F)F)nc1S(=O)(=O)n1cc2c(n1)CN(C(=O)[C@H](CO)c1ccccc1F)C2. The van der Waals surface area contributed by atoms with Gasteiger partial charge < -0.3 is 10.0 Å². The Kier molecular flexibility index (Phi) is 6.01. The van der Waals surface area contributed by atoms with E-state index in [-0.39, 0.29) is 24.2 Å². The van der Waals surface area contributed by atoms with Crippen LogP contribution in [0, 0.1) is 12.7 Å². The summed E-state index contributed by atoms with van der Waals surface area (Å²) in [6, 6.07) is 5.66. The van der Waals surface area contributed by atoms with Gasteiger partial charge in [-0.25, -0.2) is 13.2 Å². The summed E-state index contributed by atoms with van der Waals surface area (Å²) in [5.41, 5.74) is 1.04. The number of hydrogen-bond acceptors (Lipinski definition) is 6. The molecule has 0 unspecified atom stereocenters. The number of hydrogen-bond donors (Lipinski definition) is 1. The Hall–Kier alpha value is -3.19. The molecular weight excluding hydrogens is 463 g/mol. The minimum Gasteiger partial charge on any atom is -0.395 e. The summed E-state index contributed by atoms with van der Waals surface area (Å²) >= 11 is 0. The van der Waals surface area contributed by atoms with Gasteiger partial charge in [0.25, 0.3) is 6.43 Å². The third-order valence-corrected chi connectivity index (χ3v) is 6.92. The van der Waals surface area contributed by atoms with E-state index in [1.54, 1.807) is 6.07 Å². The summed E-state index contributed by atoms with van der Waals surface area (Å²) in [6.07, 6.45) is -0.237. The number of carbonyl (C=O) groups is 1. The molecule has 4 rings (SSSR count). The number of rotatable bonds is 7. The summed E-state index contributed by atoms with van der Waals surface area (Å²) in [6.45, 7) is 0.102. The van der Waals surface area contributed by atoms with E-state index in [0.717, 1.165) is 4.68 Å². The number of benzene rings is 1. The first kappa shape index (κ1) is 23.0. The maximum absolute atomic E-state index is 14.1. The molecule has 1 aliphatic heterocycles. The molecule has 1 aromatic carbocycles.